The van der Waals surface area contributed by atoms with Crippen molar-refractivity contribution in [2.45, 2.75) is 33.4 Å². The van der Waals surface area contributed by atoms with Crippen LogP contribution < -0.4 is 10.1 Å². The summed E-state index contributed by atoms with van der Waals surface area (Å²) in [6.45, 7) is 7.32. The second kappa shape index (κ2) is 8.44. The van der Waals surface area contributed by atoms with Crippen LogP contribution in [-0.2, 0) is 11.3 Å². The fraction of sp³-hybridized carbons (Fsp3) is 0.471. The van der Waals surface area contributed by atoms with Crippen LogP contribution >= 0.6 is 0 Å². The van der Waals surface area contributed by atoms with Crippen LogP contribution in [0.4, 0.5) is 0 Å². The van der Waals surface area contributed by atoms with Crippen molar-refractivity contribution in [1.29, 1.82) is 0 Å². The quantitative estimate of drug-likeness (QED) is 0.797. The number of hydrogen-bond acceptors (Lipinski definition) is 6. The Morgan fingerprint density at radius 3 is 2.62 bits per heavy atom. The Labute approximate surface area is 142 Å². The fourth-order valence-electron chi connectivity index (χ4n) is 2.22. The lowest BCUT2D eigenvalue weighted by Gasteiger charge is -2.18. The van der Waals surface area contributed by atoms with E-state index in [4.69, 9.17) is 9.26 Å². The summed E-state index contributed by atoms with van der Waals surface area (Å²) >= 11 is 0. The molecule has 0 aliphatic heterocycles. The third-order valence-electron chi connectivity index (χ3n) is 3.44. The maximum absolute atomic E-state index is 11.9. The first-order valence-corrected chi connectivity index (χ1v) is 8.00. The highest BCUT2D eigenvalue weighted by Crippen LogP contribution is 2.20. The average Bonchev–Trinajstić information content (AvgIpc) is 3.02. The molecule has 0 spiro atoms. The largest absolute Gasteiger partial charge is 0.497 e. The van der Waals surface area contributed by atoms with E-state index in [1.54, 1.807) is 7.11 Å². The van der Waals surface area contributed by atoms with Gasteiger partial charge < -0.3 is 14.6 Å². The molecular weight excluding hydrogens is 308 g/mol. The molecule has 1 amide bonds. The molecule has 1 aromatic carbocycles. The van der Waals surface area contributed by atoms with Crippen LogP contribution in [0.3, 0.4) is 0 Å². The smallest absolute Gasteiger partial charge is 0.241 e. The van der Waals surface area contributed by atoms with E-state index in [-0.39, 0.29) is 11.9 Å². The minimum atomic E-state index is -0.0123. The number of benzene rings is 1. The second-order valence-electron chi connectivity index (χ2n) is 5.77. The van der Waals surface area contributed by atoms with E-state index in [9.17, 15) is 4.79 Å². The van der Waals surface area contributed by atoms with Crippen molar-refractivity contribution in [3.05, 3.63) is 30.2 Å². The number of likely N-dealkylation sites (N-methyl/N-ethyl adjacent to an activating group) is 1. The molecule has 24 heavy (non-hydrogen) atoms. The first-order valence-electron chi connectivity index (χ1n) is 8.00. The van der Waals surface area contributed by atoms with E-state index < -0.39 is 0 Å². The number of carbonyl (C=O) groups excluding carboxylic acids is 1. The number of aromatic nitrogens is 2. The highest BCUT2D eigenvalue weighted by molar-refractivity contribution is 5.78. The van der Waals surface area contributed by atoms with E-state index in [0.29, 0.717) is 31.3 Å². The van der Waals surface area contributed by atoms with Crippen LogP contribution in [-0.4, -0.2) is 47.2 Å². The van der Waals surface area contributed by atoms with E-state index in [0.717, 1.165) is 11.3 Å². The normalized spacial score (nSPS) is 11.1. The molecule has 1 heterocycles. The molecule has 0 atom stereocenters. The van der Waals surface area contributed by atoms with E-state index in [1.165, 1.54) is 0 Å². The molecule has 0 unspecified atom stereocenters. The molecular formula is C17H24N4O3. The van der Waals surface area contributed by atoms with Gasteiger partial charge in [0.2, 0.25) is 17.6 Å². The van der Waals surface area contributed by atoms with Gasteiger partial charge in [0.15, 0.2) is 0 Å². The Morgan fingerprint density at radius 2 is 2.04 bits per heavy atom. The Balaban J connectivity index is 1.99. The number of amides is 1. The summed E-state index contributed by atoms with van der Waals surface area (Å²) in [6.07, 6.45) is 0. The van der Waals surface area contributed by atoms with Crippen molar-refractivity contribution in [2.24, 2.45) is 0 Å². The second-order valence-corrected chi connectivity index (χ2v) is 5.77. The standard InChI is InChI=1S/C17H24N4O3/c1-5-21(10-15(22)18-12(2)3)11-16-19-17(20-24-16)13-6-8-14(23-4)9-7-13/h6-9,12H,5,10-11H2,1-4H3,(H,18,22). The number of ether oxygens (including phenoxy) is 1. The Hall–Kier alpha value is -2.41. The van der Waals surface area contributed by atoms with Crippen LogP contribution in [0.25, 0.3) is 11.4 Å². The average molecular weight is 332 g/mol. The molecule has 130 valence electrons. The zero-order valence-electron chi connectivity index (χ0n) is 14.6. The lowest BCUT2D eigenvalue weighted by atomic mass is 10.2. The lowest BCUT2D eigenvalue weighted by Crippen LogP contribution is -2.39. The van der Waals surface area contributed by atoms with E-state index in [1.807, 2.05) is 49.9 Å². The molecule has 0 fully saturated rings. The van der Waals surface area contributed by atoms with Gasteiger partial charge in [-0.3, -0.25) is 9.69 Å². The number of nitrogens with zero attached hydrogens (tertiary/aromatic N) is 3. The van der Waals surface area contributed by atoms with Crippen LogP contribution in [0.2, 0.25) is 0 Å². The third kappa shape index (κ3) is 5.06. The van der Waals surface area contributed by atoms with Crippen LogP contribution in [0.15, 0.2) is 28.8 Å². The monoisotopic (exact) mass is 332 g/mol. The zero-order valence-corrected chi connectivity index (χ0v) is 14.6. The molecule has 2 aromatic rings. The highest BCUT2D eigenvalue weighted by atomic mass is 16.5. The molecule has 2 rings (SSSR count). The first-order chi connectivity index (χ1) is 11.5. The summed E-state index contributed by atoms with van der Waals surface area (Å²) in [6, 6.07) is 7.57. The van der Waals surface area contributed by atoms with Gasteiger partial charge in [-0.1, -0.05) is 12.1 Å². The number of carbonyl (C=O) groups is 1. The summed E-state index contributed by atoms with van der Waals surface area (Å²) in [5.74, 6) is 1.77. The van der Waals surface area contributed by atoms with Gasteiger partial charge in [0.25, 0.3) is 0 Å². The maximum atomic E-state index is 11.9. The molecule has 7 nitrogen and oxygen atoms in total. The fourth-order valence-corrected chi connectivity index (χ4v) is 2.22. The van der Waals surface area contributed by atoms with Gasteiger partial charge in [-0.25, -0.2) is 0 Å². The number of methoxy groups -OCH3 is 1. The lowest BCUT2D eigenvalue weighted by molar-refractivity contribution is -0.122. The predicted octanol–water partition coefficient (Wildman–Crippen LogP) is 2.09. The summed E-state index contributed by atoms with van der Waals surface area (Å²) in [5.41, 5.74) is 0.853. The van der Waals surface area contributed by atoms with Gasteiger partial charge in [-0.15, -0.1) is 0 Å². The van der Waals surface area contributed by atoms with Crippen molar-refractivity contribution in [3.8, 4) is 17.1 Å². The molecule has 0 bridgehead atoms. The molecule has 0 saturated carbocycles. The molecule has 0 aliphatic carbocycles. The SMILES string of the molecule is CCN(CC(=O)NC(C)C)Cc1nc(-c2ccc(OC)cc2)no1. The first kappa shape index (κ1) is 17.9. The highest BCUT2D eigenvalue weighted by Gasteiger charge is 2.15. The summed E-state index contributed by atoms with van der Waals surface area (Å²) in [4.78, 5) is 18.2. The predicted molar refractivity (Wildman–Crippen MR) is 90.5 cm³/mol. The molecule has 1 aromatic heterocycles. The summed E-state index contributed by atoms with van der Waals surface area (Å²) in [7, 11) is 1.62. The maximum Gasteiger partial charge on any atom is 0.241 e. The Kier molecular flexibility index (Phi) is 6.31. The van der Waals surface area contributed by atoms with Crippen molar-refractivity contribution in [2.75, 3.05) is 20.2 Å². The van der Waals surface area contributed by atoms with Crippen LogP contribution in [0.5, 0.6) is 5.75 Å². The molecule has 1 N–H and O–H groups in total. The molecule has 0 radical (unpaired) electrons. The van der Waals surface area contributed by atoms with Gasteiger partial charge in [0.05, 0.1) is 20.2 Å². The van der Waals surface area contributed by atoms with Crippen molar-refractivity contribution >= 4 is 5.91 Å². The van der Waals surface area contributed by atoms with Gasteiger partial charge in [-0.2, -0.15) is 4.98 Å². The van der Waals surface area contributed by atoms with E-state index >= 15 is 0 Å². The van der Waals surface area contributed by atoms with Crippen molar-refractivity contribution < 1.29 is 14.1 Å². The van der Waals surface area contributed by atoms with Crippen LogP contribution in [0, 0.1) is 0 Å². The minimum Gasteiger partial charge on any atom is -0.497 e. The van der Waals surface area contributed by atoms with Gasteiger partial charge in [-0.05, 0) is 44.7 Å². The van der Waals surface area contributed by atoms with Gasteiger partial charge >= 0.3 is 0 Å². The molecule has 7 heteroatoms. The Bertz CT molecular complexity index is 652. The summed E-state index contributed by atoms with van der Waals surface area (Å²) < 4.78 is 10.4. The molecule has 0 saturated heterocycles. The Morgan fingerprint density at radius 1 is 1.33 bits per heavy atom. The van der Waals surface area contributed by atoms with E-state index in [2.05, 4.69) is 15.5 Å². The minimum absolute atomic E-state index is 0.0123. The van der Waals surface area contributed by atoms with Gasteiger partial charge in [0.1, 0.15) is 5.75 Å². The molecule has 0 aliphatic rings. The number of hydrogen-bond donors (Lipinski definition) is 1. The van der Waals surface area contributed by atoms with Crippen molar-refractivity contribution in [1.82, 2.24) is 20.4 Å². The zero-order chi connectivity index (χ0) is 17.5. The number of nitrogens with one attached hydrogen (secondary N) is 1. The van der Waals surface area contributed by atoms with Gasteiger partial charge in [0, 0.05) is 11.6 Å². The van der Waals surface area contributed by atoms with Crippen LogP contribution in [0.1, 0.15) is 26.7 Å². The topological polar surface area (TPSA) is 80.5 Å². The van der Waals surface area contributed by atoms with Crippen molar-refractivity contribution in [3.63, 3.8) is 0 Å². The number of rotatable bonds is 8. The third-order valence-corrected chi connectivity index (χ3v) is 3.44. The summed E-state index contributed by atoms with van der Waals surface area (Å²) in [5, 5.41) is 6.88.